The predicted molar refractivity (Wildman–Crippen MR) is 73.1 cm³/mol. The first kappa shape index (κ1) is 17.1. The van der Waals surface area contributed by atoms with E-state index in [0.29, 0.717) is 0 Å². The zero-order valence-electron chi connectivity index (χ0n) is 11.8. The van der Waals surface area contributed by atoms with E-state index in [1.165, 1.54) is 12.3 Å². The van der Waals surface area contributed by atoms with E-state index in [9.17, 15) is 19.4 Å². The van der Waals surface area contributed by atoms with Crippen molar-refractivity contribution in [2.75, 3.05) is 12.3 Å². The number of nitrogens with zero attached hydrogens (tertiary/aromatic N) is 2. The first-order valence-corrected chi connectivity index (χ1v) is 8.05. The first-order valence-electron chi connectivity index (χ1n) is 6.56. The lowest BCUT2D eigenvalue weighted by Gasteiger charge is -2.30. The number of ether oxygens (including phenoxy) is 1. The van der Waals surface area contributed by atoms with Crippen LogP contribution in [0.15, 0.2) is 17.1 Å². The van der Waals surface area contributed by atoms with Gasteiger partial charge >= 0.3 is 13.5 Å². The van der Waals surface area contributed by atoms with E-state index in [2.05, 4.69) is 9.51 Å². The Bertz CT molecular complexity index is 645. The summed E-state index contributed by atoms with van der Waals surface area (Å²) in [6.45, 7) is 1.10. The van der Waals surface area contributed by atoms with Crippen LogP contribution >= 0.6 is 7.82 Å². The Morgan fingerprint density at radius 2 is 2.36 bits per heavy atom. The molecule has 4 N–H and O–H groups in total. The smallest absolute Gasteiger partial charge is 0.390 e. The van der Waals surface area contributed by atoms with Crippen LogP contribution in [-0.4, -0.2) is 37.9 Å². The lowest BCUT2D eigenvalue weighted by atomic mass is 9.95. The molecule has 1 aliphatic heterocycles. The third-order valence-electron chi connectivity index (χ3n) is 3.64. The molecule has 0 amide bonds. The molecule has 22 heavy (non-hydrogen) atoms. The molecule has 1 fully saturated rings. The van der Waals surface area contributed by atoms with Crippen LogP contribution in [0.1, 0.15) is 26.0 Å². The van der Waals surface area contributed by atoms with Crippen molar-refractivity contribution in [1.82, 2.24) is 9.55 Å². The van der Waals surface area contributed by atoms with Crippen LogP contribution in [0.4, 0.5) is 5.82 Å². The van der Waals surface area contributed by atoms with Gasteiger partial charge in [-0.15, -0.1) is 4.89 Å². The van der Waals surface area contributed by atoms with E-state index in [4.69, 9.17) is 15.4 Å². The molecular formula is C11H17N3O7P. The number of anilines is 1. The van der Waals surface area contributed by atoms with Crippen molar-refractivity contribution in [3.63, 3.8) is 0 Å². The minimum absolute atomic E-state index is 0.0390. The Labute approximate surface area is 125 Å². The quantitative estimate of drug-likeness (QED) is 0.625. The molecule has 123 valence electrons. The maximum Gasteiger partial charge on any atom is 0.500 e. The minimum Gasteiger partial charge on any atom is -0.390 e. The molecule has 0 aliphatic carbocycles. The summed E-state index contributed by atoms with van der Waals surface area (Å²) < 4.78 is 21.9. The summed E-state index contributed by atoms with van der Waals surface area (Å²) in [5.41, 5.74) is 3.40. The monoisotopic (exact) mass is 334 g/mol. The van der Waals surface area contributed by atoms with Crippen molar-refractivity contribution < 1.29 is 28.7 Å². The van der Waals surface area contributed by atoms with Gasteiger partial charge in [-0.1, -0.05) is 6.92 Å². The molecule has 1 aromatic heterocycles. The van der Waals surface area contributed by atoms with Gasteiger partial charge < -0.3 is 20.5 Å². The summed E-state index contributed by atoms with van der Waals surface area (Å²) in [4.78, 5) is 34.8. The SMILES string of the molecule is CC[C@]1(COP([O])(=O)O)O[C@@H](n2ccc(N)nc2=O)C[C@@H]1O. The minimum atomic E-state index is -4.95. The molecule has 1 unspecified atom stereocenters. The largest absolute Gasteiger partial charge is 0.500 e. The first-order chi connectivity index (χ1) is 10.2. The fourth-order valence-corrected chi connectivity index (χ4v) is 2.74. The average Bonchev–Trinajstić information content (AvgIpc) is 2.73. The average molecular weight is 334 g/mol. The van der Waals surface area contributed by atoms with E-state index in [1.807, 2.05) is 0 Å². The Morgan fingerprint density at radius 1 is 1.68 bits per heavy atom. The van der Waals surface area contributed by atoms with Gasteiger partial charge in [0.15, 0.2) is 0 Å². The van der Waals surface area contributed by atoms with Gasteiger partial charge in [0.2, 0.25) is 0 Å². The second kappa shape index (κ2) is 6.07. The highest BCUT2D eigenvalue weighted by atomic mass is 31.2. The summed E-state index contributed by atoms with van der Waals surface area (Å²) in [7, 11) is -4.95. The van der Waals surface area contributed by atoms with E-state index >= 15 is 0 Å². The van der Waals surface area contributed by atoms with Gasteiger partial charge in [0.1, 0.15) is 17.6 Å². The van der Waals surface area contributed by atoms with Crippen LogP contribution in [0.3, 0.4) is 0 Å². The van der Waals surface area contributed by atoms with Crippen molar-refractivity contribution in [2.24, 2.45) is 0 Å². The second-order valence-corrected chi connectivity index (χ2v) is 6.22. The number of nitrogens with two attached hydrogens (primary N) is 1. The number of aliphatic hydroxyl groups excluding tert-OH is 1. The normalized spacial score (nSPS) is 28.9. The van der Waals surface area contributed by atoms with Crippen LogP contribution < -0.4 is 11.4 Å². The molecule has 0 aromatic carbocycles. The van der Waals surface area contributed by atoms with Gasteiger partial charge in [-0.3, -0.25) is 9.09 Å². The lowest BCUT2D eigenvalue weighted by Crippen LogP contribution is -2.43. The predicted octanol–water partition coefficient (Wildman–Crippen LogP) is -0.198. The third-order valence-corrected chi connectivity index (χ3v) is 4.09. The van der Waals surface area contributed by atoms with Gasteiger partial charge in [-0.25, -0.2) is 9.36 Å². The molecule has 4 atom stereocenters. The summed E-state index contributed by atoms with van der Waals surface area (Å²) in [5.74, 6) is 0.0532. The third kappa shape index (κ3) is 3.54. The van der Waals surface area contributed by atoms with Gasteiger partial charge in [-0.2, -0.15) is 4.98 Å². The fourth-order valence-electron chi connectivity index (χ4n) is 2.36. The van der Waals surface area contributed by atoms with Crippen LogP contribution in [0.25, 0.3) is 0 Å². The van der Waals surface area contributed by atoms with Crippen molar-refractivity contribution >= 4 is 13.6 Å². The van der Waals surface area contributed by atoms with Crippen molar-refractivity contribution in [3.05, 3.63) is 22.7 Å². The Hall–Kier alpha value is -1.29. The molecule has 2 heterocycles. The zero-order chi connectivity index (χ0) is 16.5. The number of rotatable bonds is 5. The summed E-state index contributed by atoms with van der Waals surface area (Å²) in [5, 5.41) is 10.2. The highest BCUT2D eigenvalue weighted by Gasteiger charge is 2.49. The molecule has 0 saturated carbocycles. The van der Waals surface area contributed by atoms with Crippen LogP contribution in [0, 0.1) is 0 Å². The summed E-state index contributed by atoms with van der Waals surface area (Å²) >= 11 is 0. The van der Waals surface area contributed by atoms with Gasteiger partial charge in [-0.05, 0) is 12.5 Å². The number of hydrogen-bond donors (Lipinski definition) is 3. The van der Waals surface area contributed by atoms with Gasteiger partial charge in [0.25, 0.3) is 0 Å². The van der Waals surface area contributed by atoms with Crippen LogP contribution in [0.5, 0.6) is 0 Å². The Balaban J connectivity index is 2.22. The van der Waals surface area contributed by atoms with Crippen LogP contribution in [0.2, 0.25) is 0 Å². The highest BCUT2D eigenvalue weighted by molar-refractivity contribution is 7.46. The Kier molecular flexibility index (Phi) is 4.71. The number of nitrogen functional groups attached to an aromatic ring is 1. The summed E-state index contributed by atoms with van der Waals surface area (Å²) in [6, 6.07) is 1.40. The molecular weight excluding hydrogens is 317 g/mol. The lowest BCUT2D eigenvalue weighted by molar-refractivity contribution is -0.128. The van der Waals surface area contributed by atoms with E-state index in [0.717, 1.165) is 4.57 Å². The molecule has 2 rings (SSSR count). The molecule has 1 saturated heterocycles. The second-order valence-electron chi connectivity index (χ2n) is 5.03. The fraction of sp³-hybridized carbons (Fsp3) is 0.636. The highest BCUT2D eigenvalue weighted by Crippen LogP contribution is 2.44. The standard InChI is InChI=1S/C11H17N3O7P/c1-2-11(6-20-22(17,18)19)7(15)5-9(21-11)14-4-3-8(12)13-10(14)16/h3-4,7,9,15H,2,5-6H2,1H3,(H,17,18)(H2,12,13,16)/t7-,9+,11+/m0/s1. The molecule has 10 nitrogen and oxygen atoms in total. The number of aliphatic hydroxyl groups is 1. The van der Waals surface area contributed by atoms with Crippen LogP contribution in [-0.2, 0) is 18.7 Å². The molecule has 0 spiro atoms. The van der Waals surface area contributed by atoms with E-state index in [-0.39, 0.29) is 18.7 Å². The summed E-state index contributed by atoms with van der Waals surface area (Å²) in [6.07, 6.45) is -0.305. The maximum atomic E-state index is 11.8. The van der Waals surface area contributed by atoms with Gasteiger partial charge in [0.05, 0.1) is 12.7 Å². The molecule has 1 aliphatic rings. The zero-order valence-corrected chi connectivity index (χ0v) is 12.7. The van der Waals surface area contributed by atoms with Crippen molar-refractivity contribution in [3.8, 4) is 0 Å². The van der Waals surface area contributed by atoms with E-state index < -0.39 is 38.1 Å². The molecule has 1 aromatic rings. The van der Waals surface area contributed by atoms with E-state index in [1.54, 1.807) is 6.92 Å². The van der Waals surface area contributed by atoms with Gasteiger partial charge in [0, 0.05) is 12.6 Å². The Morgan fingerprint density at radius 3 is 2.91 bits per heavy atom. The maximum absolute atomic E-state index is 11.8. The molecule has 1 radical (unpaired) electrons. The number of hydrogen-bond acceptors (Lipinski definition) is 7. The van der Waals surface area contributed by atoms with Crippen molar-refractivity contribution in [1.29, 1.82) is 0 Å². The van der Waals surface area contributed by atoms with Crippen molar-refractivity contribution in [2.45, 2.75) is 37.7 Å². The molecule has 11 heteroatoms. The molecule has 0 bridgehead atoms. The topological polar surface area (TPSA) is 157 Å². The number of aromatic nitrogens is 2.